The van der Waals surface area contributed by atoms with Crippen molar-refractivity contribution in [3.05, 3.63) is 93.4 Å². The highest BCUT2D eigenvalue weighted by Gasteiger charge is 2.32. The lowest BCUT2D eigenvalue weighted by Crippen LogP contribution is -2.42. The van der Waals surface area contributed by atoms with E-state index in [-0.39, 0.29) is 30.0 Å². The van der Waals surface area contributed by atoms with E-state index >= 15 is 0 Å². The molecule has 2 amide bonds. The molecule has 0 bridgehead atoms. The largest absolute Gasteiger partial charge is 0.332 e. The van der Waals surface area contributed by atoms with Gasteiger partial charge in [-0.15, -0.1) is 0 Å². The molecule has 3 aromatic rings. The molecular weight excluding hydrogens is 418 g/mol. The summed E-state index contributed by atoms with van der Waals surface area (Å²) in [5.74, 6) is 0.309. The normalized spacial score (nSPS) is 18.0. The molecule has 0 unspecified atom stereocenters. The van der Waals surface area contributed by atoms with E-state index in [1.165, 1.54) is 0 Å². The number of piperidine rings is 1. The van der Waals surface area contributed by atoms with E-state index in [1.807, 2.05) is 23.1 Å². The zero-order chi connectivity index (χ0) is 22.8. The number of amides is 2. The molecule has 0 aliphatic carbocycles. The fourth-order valence-electron chi connectivity index (χ4n) is 4.67. The highest BCUT2D eigenvalue weighted by molar-refractivity contribution is 5.94. The first-order valence-electron chi connectivity index (χ1n) is 11.3. The molecule has 2 aliphatic heterocycles. The lowest BCUT2D eigenvalue weighted by atomic mass is 9.99. The van der Waals surface area contributed by atoms with Crippen LogP contribution in [0, 0.1) is 0 Å². The van der Waals surface area contributed by atoms with Crippen LogP contribution in [0.25, 0.3) is 0 Å². The topological polar surface area (TPSA) is 99.3 Å². The molecule has 1 aromatic carbocycles. The van der Waals surface area contributed by atoms with Crippen LogP contribution < -0.4 is 5.56 Å². The fraction of sp³-hybridized carbons (Fsp3) is 0.320. The van der Waals surface area contributed by atoms with Crippen molar-refractivity contribution >= 4 is 11.8 Å². The number of benzene rings is 1. The number of likely N-dealkylation sites (tertiary alicyclic amines) is 1. The number of hydrogen-bond acceptors (Lipinski definition) is 5. The summed E-state index contributed by atoms with van der Waals surface area (Å²) in [7, 11) is 0. The third-order valence-electron chi connectivity index (χ3n) is 6.39. The summed E-state index contributed by atoms with van der Waals surface area (Å²) >= 11 is 0. The molecule has 168 valence electrons. The van der Waals surface area contributed by atoms with Gasteiger partial charge in [-0.3, -0.25) is 19.4 Å². The van der Waals surface area contributed by atoms with Crippen molar-refractivity contribution in [2.24, 2.45) is 0 Å². The second kappa shape index (κ2) is 8.97. The minimum atomic E-state index is -0.297. The Morgan fingerprint density at radius 1 is 0.970 bits per heavy atom. The van der Waals surface area contributed by atoms with Crippen LogP contribution in [0.15, 0.2) is 59.7 Å². The minimum Gasteiger partial charge on any atom is -0.332 e. The van der Waals surface area contributed by atoms with Crippen molar-refractivity contribution in [2.75, 3.05) is 13.1 Å². The van der Waals surface area contributed by atoms with Crippen LogP contribution in [0.4, 0.5) is 0 Å². The highest BCUT2D eigenvalue weighted by Crippen LogP contribution is 2.30. The van der Waals surface area contributed by atoms with Crippen LogP contribution in [-0.4, -0.2) is 49.7 Å². The third kappa shape index (κ3) is 4.16. The van der Waals surface area contributed by atoms with E-state index in [1.54, 1.807) is 41.6 Å². The molecule has 2 aliphatic rings. The Balaban J connectivity index is 1.44. The number of pyridine rings is 1. The monoisotopic (exact) mass is 443 g/mol. The zero-order valence-electron chi connectivity index (χ0n) is 18.2. The quantitative estimate of drug-likeness (QED) is 0.671. The van der Waals surface area contributed by atoms with Crippen LogP contribution in [0.3, 0.4) is 0 Å². The summed E-state index contributed by atoms with van der Waals surface area (Å²) in [5.41, 5.74) is 2.18. The predicted molar refractivity (Wildman–Crippen MR) is 122 cm³/mol. The van der Waals surface area contributed by atoms with Gasteiger partial charge in [0.05, 0.1) is 23.8 Å². The Labute approximate surface area is 191 Å². The van der Waals surface area contributed by atoms with Gasteiger partial charge in [0.15, 0.2) is 0 Å². The fourth-order valence-corrected chi connectivity index (χ4v) is 4.67. The number of H-pyrrole nitrogens is 1. The molecule has 0 saturated carbocycles. The summed E-state index contributed by atoms with van der Waals surface area (Å²) in [6.07, 6.45) is 6.22. The molecule has 1 saturated heterocycles. The maximum Gasteiger partial charge on any atom is 0.255 e. The lowest BCUT2D eigenvalue weighted by Gasteiger charge is -2.36. The Bertz CT molecular complexity index is 1230. The molecule has 5 rings (SSSR count). The van der Waals surface area contributed by atoms with Crippen molar-refractivity contribution in [1.82, 2.24) is 24.8 Å². The van der Waals surface area contributed by atoms with Gasteiger partial charge in [-0.05, 0) is 49.9 Å². The molecule has 1 atom stereocenters. The second-order valence-corrected chi connectivity index (χ2v) is 8.47. The predicted octanol–water partition coefficient (Wildman–Crippen LogP) is 2.73. The molecule has 8 nitrogen and oxygen atoms in total. The van der Waals surface area contributed by atoms with E-state index in [9.17, 15) is 14.4 Å². The van der Waals surface area contributed by atoms with Gasteiger partial charge in [0.1, 0.15) is 5.82 Å². The Kier molecular flexibility index (Phi) is 5.73. The second-order valence-electron chi connectivity index (χ2n) is 8.47. The van der Waals surface area contributed by atoms with Gasteiger partial charge >= 0.3 is 0 Å². The summed E-state index contributed by atoms with van der Waals surface area (Å²) in [6, 6.07) is 12.3. The van der Waals surface area contributed by atoms with E-state index in [0.717, 1.165) is 19.3 Å². The summed E-state index contributed by atoms with van der Waals surface area (Å²) in [4.78, 5) is 54.3. The number of nitrogens with one attached hydrogen (secondary N) is 1. The first-order chi connectivity index (χ1) is 16.1. The van der Waals surface area contributed by atoms with Gasteiger partial charge in [0.25, 0.3) is 17.4 Å². The molecule has 33 heavy (non-hydrogen) atoms. The highest BCUT2D eigenvalue weighted by atomic mass is 16.2. The van der Waals surface area contributed by atoms with E-state index in [0.29, 0.717) is 47.7 Å². The Morgan fingerprint density at radius 2 is 1.79 bits per heavy atom. The number of nitrogens with zero attached hydrogens (tertiary/aromatic N) is 4. The van der Waals surface area contributed by atoms with Gasteiger partial charge in [0.2, 0.25) is 0 Å². The molecule has 1 N–H and O–H groups in total. The van der Waals surface area contributed by atoms with Gasteiger partial charge in [0, 0.05) is 36.6 Å². The summed E-state index contributed by atoms with van der Waals surface area (Å²) in [5, 5.41) is 0. The summed E-state index contributed by atoms with van der Waals surface area (Å²) < 4.78 is 0. The number of rotatable bonds is 3. The van der Waals surface area contributed by atoms with Gasteiger partial charge < -0.3 is 14.8 Å². The number of aromatic amines is 1. The van der Waals surface area contributed by atoms with Crippen molar-refractivity contribution in [3.8, 4) is 0 Å². The number of hydrogen-bond donors (Lipinski definition) is 1. The maximum absolute atomic E-state index is 13.2. The molecule has 1 fully saturated rings. The average Bonchev–Trinajstić information content (AvgIpc) is 2.88. The lowest BCUT2D eigenvalue weighted by molar-refractivity contribution is 0.0598. The molecule has 2 aromatic heterocycles. The molecule has 4 heterocycles. The average molecular weight is 444 g/mol. The first kappa shape index (κ1) is 21.1. The zero-order valence-corrected chi connectivity index (χ0v) is 18.2. The van der Waals surface area contributed by atoms with E-state index < -0.39 is 0 Å². The van der Waals surface area contributed by atoms with Crippen molar-refractivity contribution in [2.45, 2.75) is 38.3 Å². The van der Waals surface area contributed by atoms with E-state index in [2.05, 4.69) is 9.97 Å². The van der Waals surface area contributed by atoms with Crippen LogP contribution in [0.2, 0.25) is 0 Å². The maximum atomic E-state index is 13.2. The molecule has 0 spiro atoms. The number of fused-ring (bicyclic) bond motifs is 1. The van der Waals surface area contributed by atoms with Gasteiger partial charge in [-0.25, -0.2) is 4.98 Å². The first-order valence-corrected chi connectivity index (χ1v) is 11.3. The number of carbonyl (C=O) groups is 2. The smallest absolute Gasteiger partial charge is 0.255 e. The Hall–Kier alpha value is -3.81. The van der Waals surface area contributed by atoms with Crippen LogP contribution in [0.1, 0.15) is 63.1 Å². The standard InChI is InChI=1S/C25H25N5O3/c31-23-19-11-14-29(24(32)18-9-6-12-26-15-18)16-20(19)27-22(28-23)21-10-4-5-13-30(21)25(33)17-7-2-1-3-8-17/h1-3,6-9,12,15,21H,4-5,10-11,13-14,16H2,(H,27,28,31)/t21-/m0/s1. The van der Waals surface area contributed by atoms with Crippen molar-refractivity contribution in [1.29, 1.82) is 0 Å². The van der Waals surface area contributed by atoms with Crippen molar-refractivity contribution < 1.29 is 9.59 Å². The molecular formula is C25H25N5O3. The van der Waals surface area contributed by atoms with Gasteiger partial charge in [-0.2, -0.15) is 0 Å². The third-order valence-corrected chi connectivity index (χ3v) is 6.39. The molecule has 0 radical (unpaired) electrons. The summed E-state index contributed by atoms with van der Waals surface area (Å²) in [6.45, 7) is 1.33. The SMILES string of the molecule is O=C(c1cccnc1)N1CCc2c(nc([C@@H]3CCCCN3C(=O)c3ccccc3)[nH]c2=O)C1. The molecule has 8 heteroatoms. The minimum absolute atomic E-state index is 0.0611. The van der Waals surface area contributed by atoms with Crippen molar-refractivity contribution in [3.63, 3.8) is 0 Å². The Morgan fingerprint density at radius 3 is 2.58 bits per heavy atom. The van der Waals surface area contributed by atoms with Crippen LogP contribution >= 0.6 is 0 Å². The van der Waals surface area contributed by atoms with Gasteiger partial charge in [-0.1, -0.05) is 18.2 Å². The van der Waals surface area contributed by atoms with Crippen LogP contribution in [0.5, 0.6) is 0 Å². The number of carbonyl (C=O) groups excluding carboxylic acids is 2. The van der Waals surface area contributed by atoms with Crippen LogP contribution in [-0.2, 0) is 13.0 Å². The van der Waals surface area contributed by atoms with E-state index in [4.69, 9.17) is 4.98 Å². The number of aromatic nitrogens is 3.